The van der Waals surface area contributed by atoms with Gasteiger partial charge in [0.15, 0.2) is 28.6 Å². The second-order valence-electron chi connectivity index (χ2n) is 11.0. The van der Waals surface area contributed by atoms with Crippen LogP contribution in [0.3, 0.4) is 0 Å². The first kappa shape index (κ1) is 31.3. The van der Waals surface area contributed by atoms with Crippen LogP contribution in [0, 0.1) is 11.3 Å². The first-order valence-corrected chi connectivity index (χ1v) is 13.7. The molecule has 2 aromatic heterocycles. The molecule has 1 aliphatic carbocycles. The Kier molecular flexibility index (Phi) is 9.17. The number of pyridine rings is 1. The standard InChI is InChI=1S/C28H30Cl2F2N4O6/c1-27(2,3)28(4,42-26(33)38)22-21(23(37)35-10-16-17(29)11-34-12-18(16)30)36-24(41-22)15-7-8-19(40-25(31)32)20(9-15)39-13-14-5-6-14/h7-9,11-12,14,25H,5-6,10,13H2,1-4H3,(H2,33,38)(H,35,37). The van der Waals surface area contributed by atoms with Crippen LogP contribution in [0.5, 0.6) is 11.5 Å². The van der Waals surface area contributed by atoms with Crippen LogP contribution in [0.4, 0.5) is 13.6 Å². The molecule has 1 atom stereocenters. The van der Waals surface area contributed by atoms with Crippen molar-refractivity contribution in [3.63, 3.8) is 0 Å². The molecule has 14 heteroatoms. The zero-order valence-electron chi connectivity index (χ0n) is 23.3. The summed E-state index contributed by atoms with van der Waals surface area (Å²) in [5.41, 5.74) is 3.49. The number of benzene rings is 1. The second-order valence-corrected chi connectivity index (χ2v) is 11.8. The number of rotatable bonds is 11. The van der Waals surface area contributed by atoms with Crippen molar-refractivity contribution in [2.45, 2.75) is 59.3 Å². The fourth-order valence-corrected chi connectivity index (χ4v) is 4.46. The number of nitrogens with zero attached hydrogens (tertiary/aromatic N) is 2. The summed E-state index contributed by atoms with van der Waals surface area (Å²) in [5, 5.41) is 3.18. The van der Waals surface area contributed by atoms with E-state index in [9.17, 15) is 18.4 Å². The zero-order valence-corrected chi connectivity index (χ0v) is 24.8. The Morgan fingerprint density at radius 2 is 1.81 bits per heavy atom. The lowest BCUT2D eigenvalue weighted by Crippen LogP contribution is -2.44. The zero-order chi connectivity index (χ0) is 30.8. The van der Waals surface area contributed by atoms with Crippen molar-refractivity contribution in [2.24, 2.45) is 17.1 Å². The molecule has 0 aliphatic heterocycles. The topological polar surface area (TPSA) is 139 Å². The molecule has 2 heterocycles. The molecule has 0 spiro atoms. The van der Waals surface area contributed by atoms with E-state index in [1.54, 1.807) is 27.7 Å². The third-order valence-corrected chi connectivity index (χ3v) is 7.62. The number of primary amides is 1. The summed E-state index contributed by atoms with van der Waals surface area (Å²) in [6, 6.07) is 4.15. The SMILES string of the molecule is CC(C)(C)C(C)(OC(N)=O)c1oc(-c2ccc(OC(F)F)c(OCC3CC3)c2)nc1C(=O)NCc1c(Cl)cncc1Cl. The van der Waals surface area contributed by atoms with Gasteiger partial charge in [0.1, 0.15) is 0 Å². The molecule has 1 aliphatic rings. The van der Waals surface area contributed by atoms with E-state index < -0.39 is 29.6 Å². The van der Waals surface area contributed by atoms with Crippen molar-refractivity contribution >= 4 is 35.2 Å². The summed E-state index contributed by atoms with van der Waals surface area (Å²) >= 11 is 12.4. The molecular formula is C28H30Cl2F2N4O6. The van der Waals surface area contributed by atoms with E-state index in [4.69, 9.17) is 42.8 Å². The van der Waals surface area contributed by atoms with Gasteiger partial charge in [-0.25, -0.2) is 9.78 Å². The van der Waals surface area contributed by atoms with Gasteiger partial charge in [0.05, 0.1) is 16.7 Å². The Bertz CT molecular complexity index is 1450. The molecule has 3 N–H and O–H groups in total. The largest absolute Gasteiger partial charge is 0.489 e. The van der Waals surface area contributed by atoms with Crippen LogP contribution in [-0.2, 0) is 16.9 Å². The number of carbonyl (C=O) groups excluding carboxylic acids is 2. The lowest BCUT2D eigenvalue weighted by Gasteiger charge is -2.38. The van der Waals surface area contributed by atoms with Gasteiger partial charge in [0.25, 0.3) is 5.91 Å². The maximum Gasteiger partial charge on any atom is 0.405 e. The summed E-state index contributed by atoms with van der Waals surface area (Å²) in [6.45, 7) is 4.00. The third kappa shape index (κ3) is 7.04. The smallest absolute Gasteiger partial charge is 0.405 e. The number of nitrogens with one attached hydrogen (secondary N) is 1. The first-order valence-electron chi connectivity index (χ1n) is 13.0. The Morgan fingerprint density at radius 3 is 2.38 bits per heavy atom. The molecule has 226 valence electrons. The van der Waals surface area contributed by atoms with Crippen molar-refractivity contribution < 1.29 is 37.0 Å². The number of alkyl halides is 2. The van der Waals surface area contributed by atoms with Gasteiger partial charge < -0.3 is 29.7 Å². The summed E-state index contributed by atoms with van der Waals surface area (Å²) in [7, 11) is 0. The highest BCUT2D eigenvalue weighted by molar-refractivity contribution is 6.35. The van der Waals surface area contributed by atoms with E-state index in [1.165, 1.54) is 30.6 Å². The summed E-state index contributed by atoms with van der Waals surface area (Å²) in [4.78, 5) is 33.9. The lowest BCUT2D eigenvalue weighted by atomic mass is 9.75. The molecule has 0 radical (unpaired) electrons. The number of ether oxygens (including phenoxy) is 3. The van der Waals surface area contributed by atoms with Crippen molar-refractivity contribution in [2.75, 3.05) is 6.61 Å². The minimum atomic E-state index is -3.07. The van der Waals surface area contributed by atoms with Crippen molar-refractivity contribution in [1.29, 1.82) is 0 Å². The Labute approximate surface area is 250 Å². The number of oxazole rings is 1. The van der Waals surface area contributed by atoms with E-state index in [2.05, 4.69) is 20.0 Å². The molecule has 1 aromatic carbocycles. The fraction of sp³-hybridized carbons (Fsp3) is 0.429. The number of hydrogen-bond donors (Lipinski definition) is 2. The van der Waals surface area contributed by atoms with Gasteiger partial charge in [-0.1, -0.05) is 44.0 Å². The van der Waals surface area contributed by atoms with Gasteiger partial charge in [-0.15, -0.1) is 0 Å². The second kappa shape index (κ2) is 12.3. The molecular weight excluding hydrogens is 597 g/mol. The molecule has 2 amide bonds. The Balaban J connectivity index is 1.78. The number of halogens is 4. The van der Waals surface area contributed by atoms with Crippen LogP contribution in [0.15, 0.2) is 35.0 Å². The molecule has 3 aromatic rings. The van der Waals surface area contributed by atoms with Gasteiger partial charge in [-0.05, 0) is 43.9 Å². The van der Waals surface area contributed by atoms with E-state index in [0.717, 1.165) is 12.8 Å². The average Bonchev–Trinajstić information content (AvgIpc) is 3.61. The van der Waals surface area contributed by atoms with Crippen molar-refractivity contribution in [3.05, 3.63) is 57.7 Å². The van der Waals surface area contributed by atoms with Crippen LogP contribution in [0.1, 0.15) is 62.3 Å². The van der Waals surface area contributed by atoms with E-state index in [0.29, 0.717) is 23.7 Å². The quantitative estimate of drug-likeness (QED) is 0.239. The predicted molar refractivity (Wildman–Crippen MR) is 150 cm³/mol. The molecule has 1 saturated carbocycles. The van der Waals surface area contributed by atoms with Crippen LogP contribution in [0.2, 0.25) is 10.0 Å². The lowest BCUT2D eigenvalue weighted by molar-refractivity contribution is -0.0707. The first-order chi connectivity index (χ1) is 19.7. The van der Waals surface area contributed by atoms with Crippen LogP contribution >= 0.6 is 23.2 Å². The summed E-state index contributed by atoms with van der Waals surface area (Å²) < 4.78 is 48.1. The normalized spacial score (nSPS) is 14.8. The van der Waals surface area contributed by atoms with Crippen molar-refractivity contribution in [1.82, 2.24) is 15.3 Å². The van der Waals surface area contributed by atoms with Gasteiger partial charge in [0, 0.05) is 35.5 Å². The third-order valence-electron chi connectivity index (χ3n) is 6.97. The summed E-state index contributed by atoms with van der Waals surface area (Å²) in [6.07, 6.45) is 3.63. The number of carbonyl (C=O) groups is 2. The van der Waals surface area contributed by atoms with E-state index in [1.807, 2.05) is 0 Å². The number of amides is 2. The minimum Gasteiger partial charge on any atom is -0.489 e. The molecule has 10 nitrogen and oxygen atoms in total. The molecule has 0 bridgehead atoms. The van der Waals surface area contributed by atoms with Gasteiger partial charge in [-0.3, -0.25) is 9.78 Å². The highest BCUT2D eigenvalue weighted by Gasteiger charge is 2.49. The predicted octanol–water partition coefficient (Wildman–Crippen LogP) is 6.72. The van der Waals surface area contributed by atoms with Crippen LogP contribution in [0.25, 0.3) is 11.5 Å². The van der Waals surface area contributed by atoms with Crippen LogP contribution < -0.4 is 20.5 Å². The van der Waals surface area contributed by atoms with Gasteiger partial charge in [0.2, 0.25) is 5.89 Å². The molecule has 4 rings (SSSR count). The summed E-state index contributed by atoms with van der Waals surface area (Å²) in [5.74, 6) is -0.644. The van der Waals surface area contributed by atoms with E-state index >= 15 is 0 Å². The highest BCUT2D eigenvalue weighted by Crippen LogP contribution is 2.46. The maximum atomic E-state index is 13.6. The number of hydrogen-bond acceptors (Lipinski definition) is 8. The molecule has 0 saturated heterocycles. The molecule has 1 fully saturated rings. The molecule has 1 unspecified atom stereocenters. The van der Waals surface area contributed by atoms with Gasteiger partial charge in [-0.2, -0.15) is 8.78 Å². The minimum absolute atomic E-state index is 0.0550. The average molecular weight is 627 g/mol. The highest BCUT2D eigenvalue weighted by atomic mass is 35.5. The molecule has 42 heavy (non-hydrogen) atoms. The fourth-order valence-electron chi connectivity index (χ4n) is 3.96. The number of aromatic nitrogens is 2. The monoisotopic (exact) mass is 626 g/mol. The van der Waals surface area contributed by atoms with Crippen LogP contribution in [-0.4, -0.2) is 35.2 Å². The Morgan fingerprint density at radius 1 is 1.14 bits per heavy atom. The van der Waals surface area contributed by atoms with E-state index in [-0.39, 0.29) is 45.4 Å². The van der Waals surface area contributed by atoms with Gasteiger partial charge >= 0.3 is 12.7 Å². The Hall–Kier alpha value is -3.64. The van der Waals surface area contributed by atoms with Crippen molar-refractivity contribution in [3.8, 4) is 23.0 Å². The maximum absolute atomic E-state index is 13.6. The number of nitrogens with two attached hydrogens (primary N) is 1.